The van der Waals surface area contributed by atoms with Gasteiger partial charge in [0.1, 0.15) is 0 Å². The molecule has 0 aromatic heterocycles. The highest BCUT2D eigenvalue weighted by atomic mass is 17.2. The van der Waals surface area contributed by atoms with Crippen LogP contribution in [0.5, 0.6) is 0 Å². The van der Waals surface area contributed by atoms with Crippen molar-refractivity contribution in [3.8, 4) is 0 Å². The van der Waals surface area contributed by atoms with Crippen molar-refractivity contribution < 1.29 is 14.5 Å². The van der Waals surface area contributed by atoms with E-state index < -0.39 is 11.7 Å². The van der Waals surface area contributed by atoms with Crippen LogP contribution in [0, 0.1) is 12.1 Å². The zero-order valence-corrected chi connectivity index (χ0v) is 14.5. The van der Waals surface area contributed by atoms with Crippen molar-refractivity contribution in [1.82, 2.24) is 0 Å². The quantitative estimate of drug-likeness (QED) is 0.336. The molecule has 4 heteroatoms. The van der Waals surface area contributed by atoms with Crippen LogP contribution in [0.1, 0.15) is 49.3 Å². The summed E-state index contributed by atoms with van der Waals surface area (Å²) in [5.74, 6) is 0. The largest absolute Gasteiger partial charge is 0.618 e. The summed E-state index contributed by atoms with van der Waals surface area (Å²) < 4.78 is 1.04. The van der Waals surface area contributed by atoms with Gasteiger partial charge in [-0.15, -0.1) is 0 Å². The van der Waals surface area contributed by atoms with Crippen molar-refractivity contribution in [1.29, 1.82) is 0 Å². The van der Waals surface area contributed by atoms with Gasteiger partial charge in [0.25, 0.3) is 0 Å². The van der Waals surface area contributed by atoms with E-state index in [4.69, 9.17) is 9.78 Å². The van der Waals surface area contributed by atoms with E-state index in [2.05, 4.69) is 0 Å². The van der Waals surface area contributed by atoms with Crippen LogP contribution in [0.25, 0.3) is 0 Å². The van der Waals surface area contributed by atoms with Gasteiger partial charge in [-0.1, -0.05) is 54.4 Å². The van der Waals surface area contributed by atoms with E-state index in [1.165, 1.54) is 6.42 Å². The summed E-state index contributed by atoms with van der Waals surface area (Å²) in [7, 11) is 0. The van der Waals surface area contributed by atoms with Gasteiger partial charge >= 0.3 is 0 Å². The maximum Gasteiger partial charge on any atom is 0.241 e. The molecule has 1 spiro atoms. The van der Waals surface area contributed by atoms with Crippen LogP contribution in [0.3, 0.4) is 0 Å². The Kier molecular flexibility index (Phi) is 4.32. The minimum Gasteiger partial charge on any atom is -0.618 e. The van der Waals surface area contributed by atoms with Crippen LogP contribution in [0.15, 0.2) is 54.6 Å². The Bertz CT molecular complexity index is 761. The van der Waals surface area contributed by atoms with Crippen LogP contribution >= 0.6 is 0 Å². The van der Waals surface area contributed by atoms with E-state index in [9.17, 15) is 5.21 Å². The van der Waals surface area contributed by atoms with Gasteiger partial charge in [0.2, 0.25) is 17.5 Å². The summed E-state index contributed by atoms with van der Waals surface area (Å²) in [5, 5.41) is 13.3. The molecule has 0 bridgehead atoms. The van der Waals surface area contributed by atoms with Crippen LogP contribution in [-0.4, -0.2) is 16.1 Å². The van der Waals surface area contributed by atoms with E-state index in [1.54, 1.807) is 0 Å². The molecule has 4 rings (SSSR count). The Balaban J connectivity index is 1.83. The minimum atomic E-state index is -0.606. The van der Waals surface area contributed by atoms with Gasteiger partial charge in [0.05, 0.1) is 0 Å². The molecule has 1 unspecified atom stereocenters. The molecule has 1 aliphatic heterocycles. The fourth-order valence-corrected chi connectivity index (χ4v) is 3.88. The van der Waals surface area contributed by atoms with Crippen molar-refractivity contribution in [2.75, 3.05) is 0 Å². The standard InChI is InChI=1S/C21H23NO3/c1-16-10-12-18(13-11-16)22(23)20-19(17-8-4-2-5-9-17)24-25-21(20)14-6-3-7-15-21/h2,4-5,8-13,19H,3,6-7,14-15H2,1H3/b22-20+. The second-order valence-corrected chi connectivity index (χ2v) is 7.04. The molecule has 2 aliphatic rings. The molecule has 1 heterocycles. The third kappa shape index (κ3) is 2.96. The molecule has 1 saturated heterocycles. The monoisotopic (exact) mass is 337 g/mol. The maximum atomic E-state index is 13.3. The molecular formula is C21H23NO3. The first-order valence-electron chi connectivity index (χ1n) is 9.00. The zero-order valence-electron chi connectivity index (χ0n) is 14.5. The molecule has 0 radical (unpaired) electrons. The first kappa shape index (κ1) is 16.3. The van der Waals surface area contributed by atoms with Gasteiger partial charge in [-0.3, -0.25) is 0 Å². The lowest BCUT2D eigenvalue weighted by Gasteiger charge is -2.29. The highest BCUT2D eigenvalue weighted by Gasteiger charge is 2.55. The van der Waals surface area contributed by atoms with Crippen LogP contribution < -0.4 is 0 Å². The van der Waals surface area contributed by atoms with Gasteiger partial charge in [0, 0.05) is 12.1 Å². The molecule has 25 heavy (non-hydrogen) atoms. The second kappa shape index (κ2) is 6.62. The molecule has 2 aromatic carbocycles. The maximum absolute atomic E-state index is 13.3. The van der Waals surface area contributed by atoms with Crippen molar-refractivity contribution >= 4 is 11.4 Å². The molecular weight excluding hydrogens is 314 g/mol. The summed E-state index contributed by atoms with van der Waals surface area (Å²) in [4.78, 5) is 11.6. The first-order valence-corrected chi connectivity index (χ1v) is 9.00. The number of benzene rings is 2. The van der Waals surface area contributed by atoms with Gasteiger partial charge < -0.3 is 5.21 Å². The number of nitrogens with zero attached hydrogens (tertiary/aromatic N) is 1. The third-order valence-corrected chi connectivity index (χ3v) is 5.27. The lowest BCUT2D eigenvalue weighted by Crippen LogP contribution is -2.42. The van der Waals surface area contributed by atoms with E-state index in [-0.39, 0.29) is 0 Å². The van der Waals surface area contributed by atoms with Crippen molar-refractivity contribution in [2.24, 2.45) is 0 Å². The lowest BCUT2D eigenvalue weighted by molar-refractivity contribution is -0.369. The fourth-order valence-electron chi connectivity index (χ4n) is 3.88. The van der Waals surface area contributed by atoms with E-state index >= 15 is 0 Å². The van der Waals surface area contributed by atoms with Crippen molar-refractivity contribution in [3.63, 3.8) is 0 Å². The second-order valence-electron chi connectivity index (χ2n) is 7.04. The molecule has 0 amide bonds. The van der Waals surface area contributed by atoms with Gasteiger partial charge in [-0.25, -0.2) is 9.78 Å². The van der Waals surface area contributed by atoms with Gasteiger partial charge in [0.15, 0.2) is 5.60 Å². The summed E-state index contributed by atoms with van der Waals surface area (Å²) in [5.41, 5.74) is 2.79. The highest BCUT2D eigenvalue weighted by molar-refractivity contribution is 5.95. The topological polar surface area (TPSA) is 44.5 Å². The van der Waals surface area contributed by atoms with Crippen LogP contribution in [0.4, 0.5) is 5.69 Å². The van der Waals surface area contributed by atoms with Gasteiger partial charge in [-0.2, -0.15) is 4.74 Å². The molecule has 0 N–H and O–H groups in total. The Morgan fingerprint density at radius 3 is 2.32 bits per heavy atom. The normalized spacial score (nSPS) is 24.4. The number of rotatable bonds is 2. The Labute approximate surface area is 148 Å². The Morgan fingerprint density at radius 1 is 0.960 bits per heavy atom. The number of hydrogen-bond donors (Lipinski definition) is 0. The smallest absolute Gasteiger partial charge is 0.241 e. The first-order chi connectivity index (χ1) is 12.2. The Morgan fingerprint density at radius 2 is 1.64 bits per heavy atom. The van der Waals surface area contributed by atoms with Crippen LogP contribution in [-0.2, 0) is 9.78 Å². The predicted molar refractivity (Wildman–Crippen MR) is 96.6 cm³/mol. The average molecular weight is 337 g/mol. The summed E-state index contributed by atoms with van der Waals surface area (Å²) in [6.45, 7) is 2.02. The average Bonchev–Trinajstić information content (AvgIpc) is 3.01. The minimum absolute atomic E-state index is 0.460. The number of aryl methyl sites for hydroxylation is 1. The summed E-state index contributed by atoms with van der Waals surface area (Å²) in [6, 6.07) is 17.5. The van der Waals surface area contributed by atoms with E-state index in [0.29, 0.717) is 11.4 Å². The highest BCUT2D eigenvalue weighted by Crippen LogP contribution is 2.44. The van der Waals surface area contributed by atoms with Gasteiger partial charge in [-0.05, 0) is 38.2 Å². The predicted octanol–water partition coefficient (Wildman–Crippen LogP) is 4.98. The summed E-state index contributed by atoms with van der Waals surface area (Å²) >= 11 is 0. The molecule has 2 fully saturated rings. The van der Waals surface area contributed by atoms with E-state index in [1.807, 2.05) is 61.5 Å². The fraction of sp³-hybridized carbons (Fsp3) is 0.381. The Hall–Kier alpha value is -2.17. The molecule has 1 atom stereocenters. The molecule has 4 nitrogen and oxygen atoms in total. The van der Waals surface area contributed by atoms with Crippen molar-refractivity contribution in [2.45, 2.75) is 50.7 Å². The zero-order chi connectivity index (χ0) is 17.3. The molecule has 130 valence electrons. The van der Waals surface area contributed by atoms with E-state index in [0.717, 1.165) is 41.5 Å². The number of hydrogen-bond acceptors (Lipinski definition) is 3. The summed E-state index contributed by atoms with van der Waals surface area (Å²) in [6.07, 6.45) is 4.48. The molecule has 1 aliphatic carbocycles. The van der Waals surface area contributed by atoms with Crippen molar-refractivity contribution in [3.05, 3.63) is 70.9 Å². The lowest BCUT2D eigenvalue weighted by atomic mass is 9.78. The molecule has 1 saturated carbocycles. The SMILES string of the molecule is Cc1ccc(/[N+]([O-])=C2/C(c3ccccc3)OOC23CCCCC3)cc1. The third-order valence-electron chi connectivity index (χ3n) is 5.27. The van der Waals surface area contributed by atoms with Crippen LogP contribution in [0.2, 0.25) is 0 Å². The molecule has 2 aromatic rings.